The van der Waals surface area contributed by atoms with Crippen molar-refractivity contribution in [3.8, 4) is 0 Å². The standard InChI is InChI=1S/C19H25NO7S/c1-6-19(4)16(13-7-9-14(10-8-13)28-27-23-5)17(25-12(2)3)18(26-19)20-24-11-15(21)22/h7-10,12H,6,11H2,1-5H3,(H,21,22)/t19-/m0/s1. The van der Waals surface area contributed by atoms with Gasteiger partial charge < -0.3 is 19.4 Å². The predicted octanol–water partition coefficient (Wildman–Crippen LogP) is 4.02. The fourth-order valence-corrected chi connectivity index (χ4v) is 3.04. The van der Waals surface area contributed by atoms with Crippen LogP contribution in [0, 0.1) is 0 Å². The SMILES string of the molecule is CC[C@]1(C)OC(=NOCC(=O)O)C(OC(C)C)=C1c1ccc(SOOC)cc1. The molecule has 1 aliphatic rings. The van der Waals surface area contributed by atoms with Gasteiger partial charge >= 0.3 is 5.97 Å². The second-order valence-electron chi connectivity index (χ2n) is 6.46. The monoisotopic (exact) mass is 411 g/mol. The number of nitrogens with zero attached hydrogens (tertiary/aromatic N) is 1. The molecule has 0 saturated heterocycles. The van der Waals surface area contributed by atoms with Crippen molar-refractivity contribution in [2.24, 2.45) is 5.16 Å². The van der Waals surface area contributed by atoms with Crippen LogP contribution in [0.4, 0.5) is 0 Å². The highest BCUT2D eigenvalue weighted by molar-refractivity contribution is 7.94. The highest BCUT2D eigenvalue weighted by Crippen LogP contribution is 2.43. The highest BCUT2D eigenvalue weighted by Gasteiger charge is 2.44. The van der Waals surface area contributed by atoms with E-state index in [2.05, 4.69) is 10.0 Å². The topological polar surface area (TPSA) is 95.8 Å². The fourth-order valence-electron chi connectivity index (χ4n) is 2.64. The van der Waals surface area contributed by atoms with E-state index in [4.69, 9.17) is 23.8 Å². The molecular formula is C19H25NO7S. The molecule has 1 aliphatic heterocycles. The molecule has 0 amide bonds. The van der Waals surface area contributed by atoms with Crippen LogP contribution in [0.5, 0.6) is 0 Å². The number of rotatable bonds is 10. The number of benzene rings is 1. The number of aliphatic carboxylic acids is 1. The Morgan fingerprint density at radius 1 is 1.32 bits per heavy atom. The lowest BCUT2D eigenvalue weighted by Gasteiger charge is -2.25. The van der Waals surface area contributed by atoms with E-state index in [-0.39, 0.29) is 12.0 Å². The molecule has 0 aliphatic carbocycles. The second kappa shape index (κ2) is 9.81. The summed E-state index contributed by atoms with van der Waals surface area (Å²) in [4.78, 5) is 21.1. The van der Waals surface area contributed by atoms with Crippen LogP contribution in [-0.2, 0) is 28.3 Å². The molecule has 0 saturated carbocycles. The lowest BCUT2D eigenvalue weighted by molar-refractivity contribution is -0.160. The first-order valence-corrected chi connectivity index (χ1v) is 9.55. The average Bonchev–Trinajstić information content (AvgIpc) is 2.92. The summed E-state index contributed by atoms with van der Waals surface area (Å²) in [7, 11) is 1.44. The van der Waals surface area contributed by atoms with Crippen LogP contribution in [0.2, 0.25) is 0 Å². The number of carboxylic acids is 1. The zero-order valence-corrected chi connectivity index (χ0v) is 17.4. The molecule has 1 N–H and O–H groups in total. The van der Waals surface area contributed by atoms with Crippen molar-refractivity contribution in [3.63, 3.8) is 0 Å². The van der Waals surface area contributed by atoms with Crippen molar-refractivity contribution < 1.29 is 33.4 Å². The van der Waals surface area contributed by atoms with Gasteiger partial charge in [0.2, 0.25) is 6.61 Å². The minimum absolute atomic E-state index is 0.135. The zero-order valence-electron chi connectivity index (χ0n) is 16.6. The van der Waals surface area contributed by atoms with Gasteiger partial charge in [0.15, 0.2) is 5.76 Å². The van der Waals surface area contributed by atoms with Gasteiger partial charge in [-0.1, -0.05) is 19.1 Å². The molecule has 8 nitrogen and oxygen atoms in total. The lowest BCUT2D eigenvalue weighted by atomic mass is 9.88. The predicted molar refractivity (Wildman–Crippen MR) is 104 cm³/mol. The van der Waals surface area contributed by atoms with E-state index >= 15 is 0 Å². The molecular weight excluding hydrogens is 386 g/mol. The normalized spacial score (nSPS) is 20.6. The minimum atomic E-state index is -1.12. The van der Waals surface area contributed by atoms with Gasteiger partial charge in [0.05, 0.1) is 30.8 Å². The van der Waals surface area contributed by atoms with E-state index in [0.717, 1.165) is 28.1 Å². The number of ether oxygens (including phenoxy) is 2. The van der Waals surface area contributed by atoms with Crippen LogP contribution in [0.25, 0.3) is 5.57 Å². The Morgan fingerprint density at radius 2 is 2.00 bits per heavy atom. The van der Waals surface area contributed by atoms with Crippen LogP contribution in [0.1, 0.15) is 39.7 Å². The molecule has 0 radical (unpaired) electrons. The molecule has 1 aromatic carbocycles. The summed E-state index contributed by atoms with van der Waals surface area (Å²) in [5.74, 6) is -0.545. The van der Waals surface area contributed by atoms with E-state index in [9.17, 15) is 4.79 Å². The Kier molecular flexibility index (Phi) is 7.73. The van der Waals surface area contributed by atoms with Crippen molar-refractivity contribution in [1.82, 2.24) is 0 Å². The fraction of sp³-hybridized carbons (Fsp3) is 0.474. The van der Waals surface area contributed by atoms with Gasteiger partial charge in [-0.25, -0.2) is 9.68 Å². The van der Waals surface area contributed by atoms with Crippen molar-refractivity contribution in [2.45, 2.75) is 50.7 Å². The summed E-state index contributed by atoms with van der Waals surface area (Å²) in [6, 6.07) is 7.65. The van der Waals surface area contributed by atoms with Crippen molar-refractivity contribution in [1.29, 1.82) is 0 Å². The highest BCUT2D eigenvalue weighted by atomic mass is 32.2. The lowest BCUT2D eigenvalue weighted by Crippen LogP contribution is -2.26. The van der Waals surface area contributed by atoms with Crippen molar-refractivity contribution in [2.75, 3.05) is 13.7 Å². The van der Waals surface area contributed by atoms with Gasteiger partial charge in [0.25, 0.3) is 5.90 Å². The molecule has 1 atom stereocenters. The quantitative estimate of drug-likeness (QED) is 0.350. The van der Waals surface area contributed by atoms with Gasteiger partial charge in [-0.05, 0) is 50.0 Å². The molecule has 9 heteroatoms. The molecule has 0 aromatic heterocycles. The Morgan fingerprint density at radius 3 is 2.54 bits per heavy atom. The Balaban J connectivity index is 2.46. The van der Waals surface area contributed by atoms with E-state index in [1.807, 2.05) is 52.0 Å². The van der Waals surface area contributed by atoms with E-state index in [0.29, 0.717) is 12.2 Å². The number of carboxylic acid groups (broad SMARTS) is 1. The van der Waals surface area contributed by atoms with Crippen LogP contribution in [-0.4, -0.2) is 42.4 Å². The van der Waals surface area contributed by atoms with E-state index in [1.54, 1.807) is 0 Å². The molecule has 0 unspecified atom stereocenters. The third-order valence-electron chi connectivity index (χ3n) is 3.98. The molecule has 0 spiro atoms. The van der Waals surface area contributed by atoms with Crippen LogP contribution in [0.3, 0.4) is 0 Å². The largest absolute Gasteiger partial charge is 0.485 e. The third-order valence-corrected chi connectivity index (χ3v) is 4.65. The van der Waals surface area contributed by atoms with Crippen LogP contribution >= 0.6 is 12.0 Å². The Bertz CT molecular complexity index is 745. The van der Waals surface area contributed by atoms with Gasteiger partial charge in [0, 0.05) is 4.90 Å². The van der Waals surface area contributed by atoms with Gasteiger partial charge in [-0.3, -0.25) is 0 Å². The summed E-state index contributed by atoms with van der Waals surface area (Å²) < 4.78 is 16.9. The first-order valence-electron chi connectivity index (χ1n) is 8.81. The molecule has 2 rings (SSSR count). The molecule has 1 aromatic rings. The summed E-state index contributed by atoms with van der Waals surface area (Å²) >= 11 is 1.10. The maximum Gasteiger partial charge on any atom is 0.344 e. The zero-order chi connectivity index (χ0) is 20.7. The molecule has 0 fully saturated rings. The third kappa shape index (κ3) is 5.40. The maximum absolute atomic E-state index is 10.7. The van der Waals surface area contributed by atoms with E-state index < -0.39 is 18.2 Å². The van der Waals surface area contributed by atoms with Crippen molar-refractivity contribution in [3.05, 3.63) is 35.6 Å². The maximum atomic E-state index is 10.7. The summed E-state index contributed by atoms with van der Waals surface area (Å²) in [6.07, 6.45) is 0.511. The molecule has 28 heavy (non-hydrogen) atoms. The molecule has 1 heterocycles. The first-order chi connectivity index (χ1) is 13.3. The van der Waals surface area contributed by atoms with Crippen LogP contribution in [0.15, 0.2) is 40.1 Å². The smallest absolute Gasteiger partial charge is 0.344 e. The summed E-state index contributed by atoms with van der Waals surface area (Å²) in [6.45, 7) is 7.14. The Labute approximate surface area is 168 Å². The minimum Gasteiger partial charge on any atom is -0.485 e. The number of hydrogen-bond acceptors (Lipinski definition) is 8. The summed E-state index contributed by atoms with van der Waals surface area (Å²) in [5, 5.41) is 12.6. The van der Waals surface area contributed by atoms with Gasteiger partial charge in [-0.2, -0.15) is 4.33 Å². The molecule has 154 valence electrons. The van der Waals surface area contributed by atoms with Gasteiger partial charge in [0.1, 0.15) is 5.60 Å². The molecule has 0 bridgehead atoms. The number of carbonyl (C=O) groups is 1. The summed E-state index contributed by atoms with van der Waals surface area (Å²) in [5.41, 5.74) is 1.02. The Hall–Kier alpha value is -2.23. The van der Waals surface area contributed by atoms with Crippen LogP contribution < -0.4 is 0 Å². The number of hydrogen-bond donors (Lipinski definition) is 1. The van der Waals surface area contributed by atoms with Gasteiger partial charge in [-0.15, -0.1) is 0 Å². The average molecular weight is 411 g/mol. The second-order valence-corrected chi connectivity index (χ2v) is 7.24. The van der Waals surface area contributed by atoms with Crippen molar-refractivity contribution >= 4 is 29.5 Å². The first kappa shape index (κ1) is 22.1. The number of oxime groups is 1. The van der Waals surface area contributed by atoms with E-state index in [1.165, 1.54) is 7.11 Å².